The number of anilines is 1. The molecule has 0 aliphatic carbocycles. The fraction of sp³-hybridized carbons (Fsp3) is 0.174. The molecule has 0 aromatic heterocycles. The average Bonchev–Trinajstić information content (AvgIpc) is 2.79. The number of hydrogen-bond acceptors (Lipinski definition) is 4. The van der Waals surface area contributed by atoms with Crippen molar-refractivity contribution in [1.29, 1.82) is 0 Å². The number of nitrogens with one attached hydrogen (secondary N) is 2. The Hall–Kier alpha value is -3.15. The summed E-state index contributed by atoms with van der Waals surface area (Å²) >= 11 is 6.02. The van der Waals surface area contributed by atoms with Gasteiger partial charge in [0.25, 0.3) is 0 Å². The molecule has 0 aliphatic heterocycles. The molecular formula is C23H19ClF4N2O4S. The van der Waals surface area contributed by atoms with Crippen molar-refractivity contribution in [2.45, 2.75) is 23.5 Å². The molecule has 12 heteroatoms. The van der Waals surface area contributed by atoms with Gasteiger partial charge in [0.1, 0.15) is 17.6 Å². The van der Waals surface area contributed by atoms with Crippen molar-refractivity contribution in [2.24, 2.45) is 0 Å². The van der Waals surface area contributed by atoms with Gasteiger partial charge in [-0.1, -0.05) is 41.9 Å². The number of benzene rings is 3. The largest absolute Gasteiger partial charge is 0.495 e. The second-order valence-electron chi connectivity index (χ2n) is 7.34. The summed E-state index contributed by atoms with van der Waals surface area (Å²) in [5, 5.41) is 2.25. The maximum absolute atomic E-state index is 13.6. The average molecular weight is 531 g/mol. The zero-order valence-electron chi connectivity index (χ0n) is 18.1. The highest BCUT2D eigenvalue weighted by Gasteiger charge is 2.34. The van der Waals surface area contributed by atoms with Crippen LogP contribution in [-0.4, -0.2) is 27.5 Å². The van der Waals surface area contributed by atoms with Crippen molar-refractivity contribution in [2.75, 3.05) is 12.4 Å². The van der Waals surface area contributed by atoms with E-state index in [2.05, 4.69) is 10.0 Å². The van der Waals surface area contributed by atoms with Gasteiger partial charge in [-0.2, -0.15) is 17.9 Å². The van der Waals surface area contributed by atoms with Gasteiger partial charge in [0, 0.05) is 5.69 Å². The van der Waals surface area contributed by atoms with Gasteiger partial charge in [-0.15, -0.1) is 0 Å². The van der Waals surface area contributed by atoms with E-state index in [1.54, 1.807) is 30.3 Å². The zero-order valence-corrected chi connectivity index (χ0v) is 19.6. The molecule has 1 unspecified atom stereocenters. The first-order valence-electron chi connectivity index (χ1n) is 9.98. The number of amides is 1. The van der Waals surface area contributed by atoms with E-state index in [9.17, 15) is 30.8 Å². The SMILES string of the molecule is COc1ccc(S(=O)(=O)NC(Cc2ccccc2)C(=O)Nc2ccc(F)c(C(F)(F)F)c2)cc1Cl. The summed E-state index contributed by atoms with van der Waals surface area (Å²) < 4.78 is 86.0. The van der Waals surface area contributed by atoms with Gasteiger partial charge in [0.05, 0.1) is 22.6 Å². The lowest BCUT2D eigenvalue weighted by Crippen LogP contribution is -2.45. The van der Waals surface area contributed by atoms with Crippen LogP contribution in [0.5, 0.6) is 5.75 Å². The smallest absolute Gasteiger partial charge is 0.419 e. The molecule has 0 radical (unpaired) electrons. The number of ether oxygens (including phenoxy) is 1. The second-order valence-corrected chi connectivity index (χ2v) is 9.46. The Labute approximate surface area is 203 Å². The fourth-order valence-corrected chi connectivity index (χ4v) is 4.70. The van der Waals surface area contributed by atoms with E-state index < -0.39 is 39.5 Å². The van der Waals surface area contributed by atoms with Crippen molar-refractivity contribution in [3.8, 4) is 5.75 Å². The van der Waals surface area contributed by atoms with Crippen LogP contribution in [0.1, 0.15) is 11.1 Å². The lowest BCUT2D eigenvalue weighted by Gasteiger charge is -2.20. The molecule has 3 aromatic carbocycles. The second kappa shape index (κ2) is 10.6. The molecule has 0 spiro atoms. The molecule has 6 nitrogen and oxygen atoms in total. The summed E-state index contributed by atoms with van der Waals surface area (Å²) in [6.45, 7) is 0. The highest BCUT2D eigenvalue weighted by molar-refractivity contribution is 7.89. The first-order chi connectivity index (χ1) is 16.4. The molecule has 1 atom stereocenters. The molecule has 1 amide bonds. The van der Waals surface area contributed by atoms with Crippen LogP contribution in [0.4, 0.5) is 23.2 Å². The molecule has 186 valence electrons. The lowest BCUT2D eigenvalue weighted by molar-refractivity contribution is -0.140. The molecular weight excluding hydrogens is 512 g/mol. The molecule has 2 N–H and O–H groups in total. The molecule has 0 saturated carbocycles. The van der Waals surface area contributed by atoms with Crippen LogP contribution >= 0.6 is 11.6 Å². The van der Waals surface area contributed by atoms with Gasteiger partial charge < -0.3 is 10.1 Å². The van der Waals surface area contributed by atoms with Crippen LogP contribution in [-0.2, 0) is 27.4 Å². The molecule has 0 aliphatic rings. The Kier molecular flexibility index (Phi) is 8.04. The third-order valence-corrected chi connectivity index (χ3v) is 6.63. The molecule has 0 saturated heterocycles. The Morgan fingerprint density at radius 2 is 1.74 bits per heavy atom. The van der Waals surface area contributed by atoms with E-state index >= 15 is 0 Å². The van der Waals surface area contributed by atoms with E-state index in [0.29, 0.717) is 17.7 Å². The van der Waals surface area contributed by atoms with Crippen molar-refractivity contribution in [3.63, 3.8) is 0 Å². The van der Waals surface area contributed by atoms with Crippen molar-refractivity contribution in [3.05, 3.63) is 88.7 Å². The molecule has 0 fully saturated rings. The van der Waals surface area contributed by atoms with Crippen LogP contribution in [0.15, 0.2) is 71.6 Å². The Morgan fingerprint density at radius 3 is 2.34 bits per heavy atom. The number of methoxy groups -OCH3 is 1. The van der Waals surface area contributed by atoms with Gasteiger partial charge in [-0.25, -0.2) is 12.8 Å². The predicted octanol–water partition coefficient (Wildman–Crippen LogP) is 5.03. The standard InChI is InChI=1S/C23H19ClF4N2O4S/c1-34-21-10-8-16(13-18(21)24)35(32,33)30-20(11-14-5-3-2-4-6-14)22(31)29-15-7-9-19(25)17(12-15)23(26,27)28/h2-10,12-13,20,30H,11H2,1H3,(H,29,31). The van der Waals surface area contributed by atoms with Gasteiger partial charge in [0.15, 0.2) is 0 Å². The summed E-state index contributed by atoms with van der Waals surface area (Å²) in [6, 6.07) is 12.6. The topological polar surface area (TPSA) is 84.5 Å². The first-order valence-corrected chi connectivity index (χ1v) is 11.8. The van der Waals surface area contributed by atoms with Crippen molar-refractivity contribution >= 4 is 33.2 Å². The lowest BCUT2D eigenvalue weighted by atomic mass is 10.1. The van der Waals surface area contributed by atoms with E-state index in [1.165, 1.54) is 19.2 Å². The van der Waals surface area contributed by atoms with Gasteiger partial charge in [-0.05, 0) is 48.4 Å². The van der Waals surface area contributed by atoms with E-state index in [-0.39, 0.29) is 27.8 Å². The maximum Gasteiger partial charge on any atom is 0.419 e. The summed E-state index contributed by atoms with van der Waals surface area (Å²) in [7, 11) is -2.94. The Bertz CT molecular complexity index is 1320. The third-order valence-electron chi connectivity index (χ3n) is 4.87. The number of sulfonamides is 1. The van der Waals surface area contributed by atoms with Crippen molar-refractivity contribution < 1.29 is 35.5 Å². The minimum absolute atomic E-state index is 0.0189. The van der Waals surface area contributed by atoms with E-state index in [1.807, 2.05) is 0 Å². The number of rotatable bonds is 8. The molecule has 35 heavy (non-hydrogen) atoms. The maximum atomic E-state index is 13.6. The molecule has 0 bridgehead atoms. The summed E-state index contributed by atoms with van der Waals surface area (Å²) in [5.74, 6) is -2.22. The van der Waals surface area contributed by atoms with Crippen LogP contribution in [0.2, 0.25) is 5.02 Å². The predicted molar refractivity (Wildman–Crippen MR) is 122 cm³/mol. The third kappa shape index (κ3) is 6.71. The highest BCUT2D eigenvalue weighted by atomic mass is 35.5. The van der Waals surface area contributed by atoms with Gasteiger partial charge in [0.2, 0.25) is 15.9 Å². The monoisotopic (exact) mass is 530 g/mol. The zero-order chi connectivity index (χ0) is 25.8. The Morgan fingerprint density at radius 1 is 1.06 bits per heavy atom. The van der Waals surface area contributed by atoms with Crippen LogP contribution < -0.4 is 14.8 Å². The molecule has 0 heterocycles. The van der Waals surface area contributed by atoms with Crippen LogP contribution in [0.25, 0.3) is 0 Å². The summed E-state index contributed by atoms with van der Waals surface area (Å²) in [4.78, 5) is 12.7. The van der Waals surface area contributed by atoms with Crippen molar-refractivity contribution in [1.82, 2.24) is 4.72 Å². The van der Waals surface area contributed by atoms with Crippen LogP contribution in [0, 0.1) is 5.82 Å². The quantitative estimate of drug-likeness (QED) is 0.400. The minimum Gasteiger partial charge on any atom is -0.495 e. The number of hydrogen-bond donors (Lipinski definition) is 2. The normalized spacial score (nSPS) is 12.7. The molecule has 3 rings (SSSR count). The summed E-state index contributed by atoms with van der Waals surface area (Å²) in [5.41, 5.74) is -1.34. The molecule has 3 aromatic rings. The van der Waals surface area contributed by atoms with Gasteiger partial charge in [-0.3, -0.25) is 4.79 Å². The minimum atomic E-state index is -4.98. The summed E-state index contributed by atoms with van der Waals surface area (Å²) in [6.07, 6.45) is -5.10. The first kappa shape index (κ1) is 26.5. The Balaban J connectivity index is 1.91. The van der Waals surface area contributed by atoms with E-state index in [4.69, 9.17) is 16.3 Å². The number of carbonyl (C=O) groups is 1. The highest BCUT2D eigenvalue weighted by Crippen LogP contribution is 2.33. The fourth-order valence-electron chi connectivity index (χ4n) is 3.16. The van der Waals surface area contributed by atoms with Gasteiger partial charge >= 0.3 is 6.18 Å². The van der Waals surface area contributed by atoms with Crippen LogP contribution in [0.3, 0.4) is 0 Å². The number of alkyl halides is 3. The van der Waals surface area contributed by atoms with E-state index in [0.717, 1.165) is 12.1 Å². The number of halogens is 5. The number of carbonyl (C=O) groups excluding carboxylic acids is 1.